The molecule has 2 N–H and O–H groups in total. The SMILES string of the molecule is NC(=O)C=Cc1ccc(Cl)cc1C(F)(F)F. The summed E-state index contributed by atoms with van der Waals surface area (Å²) in [4.78, 5) is 10.4. The van der Waals surface area contributed by atoms with Crippen LogP contribution in [0.5, 0.6) is 0 Å². The molecule has 0 aliphatic heterocycles. The third-order valence-corrected chi connectivity index (χ3v) is 1.98. The second kappa shape index (κ2) is 4.57. The minimum atomic E-state index is -4.53. The fourth-order valence-electron chi connectivity index (χ4n) is 1.09. The summed E-state index contributed by atoms with van der Waals surface area (Å²) >= 11 is 5.47. The van der Waals surface area contributed by atoms with Gasteiger partial charge in [0.25, 0.3) is 0 Å². The van der Waals surface area contributed by atoms with Gasteiger partial charge in [-0.05, 0) is 23.8 Å². The van der Waals surface area contributed by atoms with E-state index in [0.717, 1.165) is 18.2 Å². The van der Waals surface area contributed by atoms with Gasteiger partial charge in [0, 0.05) is 11.1 Å². The fourth-order valence-corrected chi connectivity index (χ4v) is 1.26. The van der Waals surface area contributed by atoms with Gasteiger partial charge in [-0.3, -0.25) is 4.79 Å². The molecule has 0 atom stereocenters. The van der Waals surface area contributed by atoms with Crippen LogP contribution in [0.2, 0.25) is 5.02 Å². The Labute approximate surface area is 94.5 Å². The summed E-state index contributed by atoms with van der Waals surface area (Å²) in [6, 6.07) is 3.27. The maximum Gasteiger partial charge on any atom is 0.417 e. The van der Waals surface area contributed by atoms with Crippen LogP contribution < -0.4 is 5.73 Å². The Morgan fingerprint density at radius 3 is 2.50 bits per heavy atom. The number of alkyl halides is 3. The van der Waals surface area contributed by atoms with E-state index in [0.29, 0.717) is 0 Å². The number of nitrogens with two attached hydrogens (primary N) is 1. The van der Waals surface area contributed by atoms with E-state index in [-0.39, 0.29) is 10.6 Å². The van der Waals surface area contributed by atoms with E-state index in [1.165, 1.54) is 12.1 Å². The third kappa shape index (κ3) is 3.27. The molecule has 0 fully saturated rings. The molecule has 0 aliphatic rings. The highest BCUT2D eigenvalue weighted by Gasteiger charge is 2.32. The summed E-state index contributed by atoms with van der Waals surface area (Å²) in [7, 11) is 0. The van der Waals surface area contributed by atoms with Gasteiger partial charge in [0.05, 0.1) is 5.56 Å². The summed E-state index contributed by atoms with van der Waals surface area (Å²) < 4.78 is 37.6. The normalized spacial score (nSPS) is 12.0. The summed E-state index contributed by atoms with van der Waals surface area (Å²) in [5.41, 5.74) is 3.73. The van der Waals surface area contributed by atoms with Crippen molar-refractivity contribution >= 4 is 23.6 Å². The monoisotopic (exact) mass is 249 g/mol. The van der Waals surface area contributed by atoms with Crippen molar-refractivity contribution in [3.05, 3.63) is 40.4 Å². The van der Waals surface area contributed by atoms with Crippen LogP contribution in [0.4, 0.5) is 13.2 Å². The van der Waals surface area contributed by atoms with Crippen molar-refractivity contribution in [2.75, 3.05) is 0 Å². The van der Waals surface area contributed by atoms with Crippen molar-refractivity contribution in [1.29, 1.82) is 0 Å². The Bertz CT molecular complexity index is 440. The van der Waals surface area contributed by atoms with E-state index in [4.69, 9.17) is 17.3 Å². The Balaban J connectivity index is 3.23. The molecule has 0 heterocycles. The molecule has 2 nitrogen and oxygen atoms in total. The predicted molar refractivity (Wildman–Crippen MR) is 54.7 cm³/mol. The summed E-state index contributed by atoms with van der Waals surface area (Å²) in [5.74, 6) is -0.817. The Hall–Kier alpha value is -1.49. The molecule has 1 rings (SSSR count). The first-order valence-electron chi connectivity index (χ1n) is 4.15. The summed E-state index contributed by atoms with van der Waals surface area (Å²) in [5, 5.41) is -0.0245. The predicted octanol–water partition coefficient (Wildman–Crippen LogP) is 2.86. The molecule has 0 unspecified atom stereocenters. The smallest absolute Gasteiger partial charge is 0.366 e. The van der Waals surface area contributed by atoms with Crippen molar-refractivity contribution in [2.45, 2.75) is 6.18 Å². The van der Waals surface area contributed by atoms with Crippen LogP contribution in [0.1, 0.15) is 11.1 Å². The molecule has 86 valence electrons. The average molecular weight is 250 g/mol. The number of benzene rings is 1. The summed E-state index contributed by atoms with van der Waals surface area (Å²) in [6.45, 7) is 0. The van der Waals surface area contributed by atoms with Crippen LogP contribution in [0.25, 0.3) is 6.08 Å². The molecule has 0 saturated heterocycles. The van der Waals surface area contributed by atoms with E-state index in [9.17, 15) is 18.0 Å². The van der Waals surface area contributed by atoms with Gasteiger partial charge in [0.1, 0.15) is 0 Å². The van der Waals surface area contributed by atoms with Gasteiger partial charge in [0.15, 0.2) is 0 Å². The van der Waals surface area contributed by atoms with Gasteiger partial charge in [-0.2, -0.15) is 13.2 Å². The van der Waals surface area contributed by atoms with Crippen LogP contribution in [0.3, 0.4) is 0 Å². The molecule has 16 heavy (non-hydrogen) atoms. The molecular weight excluding hydrogens is 243 g/mol. The molecular formula is C10H7ClF3NO. The molecule has 0 aliphatic carbocycles. The number of carbonyl (C=O) groups is 1. The van der Waals surface area contributed by atoms with Crippen molar-refractivity contribution in [2.24, 2.45) is 5.73 Å². The van der Waals surface area contributed by atoms with Gasteiger partial charge >= 0.3 is 6.18 Å². The summed E-state index contributed by atoms with van der Waals surface area (Å²) in [6.07, 6.45) is -2.66. The highest BCUT2D eigenvalue weighted by Crippen LogP contribution is 2.34. The Morgan fingerprint density at radius 2 is 2.00 bits per heavy atom. The lowest BCUT2D eigenvalue weighted by Crippen LogP contribution is -2.08. The zero-order valence-corrected chi connectivity index (χ0v) is 8.64. The van der Waals surface area contributed by atoms with Gasteiger partial charge in [-0.25, -0.2) is 0 Å². The molecule has 0 bridgehead atoms. The van der Waals surface area contributed by atoms with Gasteiger partial charge in [-0.1, -0.05) is 17.7 Å². The first-order chi connectivity index (χ1) is 7.30. The third-order valence-electron chi connectivity index (χ3n) is 1.75. The van der Waals surface area contributed by atoms with E-state index >= 15 is 0 Å². The first kappa shape index (κ1) is 12.6. The topological polar surface area (TPSA) is 43.1 Å². The second-order valence-electron chi connectivity index (χ2n) is 2.97. The number of primary amides is 1. The van der Waals surface area contributed by atoms with Gasteiger partial charge < -0.3 is 5.73 Å². The largest absolute Gasteiger partial charge is 0.417 e. The Kier molecular flexibility index (Phi) is 3.59. The molecule has 0 aromatic heterocycles. The van der Waals surface area contributed by atoms with E-state index in [1.807, 2.05) is 0 Å². The van der Waals surface area contributed by atoms with Crippen LogP contribution in [0, 0.1) is 0 Å². The van der Waals surface area contributed by atoms with Crippen molar-refractivity contribution < 1.29 is 18.0 Å². The van der Waals surface area contributed by atoms with E-state index in [2.05, 4.69) is 0 Å². The maximum atomic E-state index is 12.5. The maximum absolute atomic E-state index is 12.5. The highest BCUT2D eigenvalue weighted by molar-refractivity contribution is 6.30. The number of halogens is 4. The molecule has 0 spiro atoms. The zero-order valence-electron chi connectivity index (χ0n) is 7.88. The fraction of sp³-hybridized carbons (Fsp3) is 0.100. The molecule has 0 saturated carbocycles. The second-order valence-corrected chi connectivity index (χ2v) is 3.40. The minimum Gasteiger partial charge on any atom is -0.366 e. The van der Waals surface area contributed by atoms with E-state index < -0.39 is 17.6 Å². The van der Waals surface area contributed by atoms with Crippen LogP contribution in [0.15, 0.2) is 24.3 Å². The zero-order chi connectivity index (χ0) is 12.3. The van der Waals surface area contributed by atoms with Crippen LogP contribution in [-0.2, 0) is 11.0 Å². The molecule has 0 radical (unpaired) electrons. The Morgan fingerprint density at radius 1 is 1.38 bits per heavy atom. The van der Waals surface area contributed by atoms with Gasteiger partial charge in [-0.15, -0.1) is 0 Å². The van der Waals surface area contributed by atoms with Crippen LogP contribution in [-0.4, -0.2) is 5.91 Å². The number of hydrogen-bond donors (Lipinski definition) is 1. The molecule has 1 aromatic carbocycles. The minimum absolute atomic E-state index is 0.0245. The molecule has 1 amide bonds. The average Bonchev–Trinajstić information content (AvgIpc) is 2.14. The van der Waals surface area contributed by atoms with Crippen molar-refractivity contribution in [3.8, 4) is 0 Å². The lowest BCUT2D eigenvalue weighted by Gasteiger charge is -2.10. The molecule has 6 heteroatoms. The van der Waals surface area contributed by atoms with Crippen molar-refractivity contribution in [1.82, 2.24) is 0 Å². The quantitative estimate of drug-likeness (QED) is 0.805. The van der Waals surface area contributed by atoms with Gasteiger partial charge in [0.2, 0.25) is 5.91 Å². The lowest BCUT2D eigenvalue weighted by atomic mass is 10.1. The standard InChI is InChI=1S/C10H7ClF3NO/c11-7-3-1-6(2-4-9(15)16)8(5-7)10(12,13)14/h1-5H,(H2,15,16). The lowest BCUT2D eigenvalue weighted by molar-refractivity contribution is -0.137. The first-order valence-corrected chi connectivity index (χ1v) is 4.53. The number of carbonyl (C=O) groups excluding carboxylic acids is 1. The van der Waals surface area contributed by atoms with E-state index in [1.54, 1.807) is 0 Å². The number of hydrogen-bond acceptors (Lipinski definition) is 1. The molecule has 1 aromatic rings. The number of rotatable bonds is 2. The highest BCUT2D eigenvalue weighted by atomic mass is 35.5. The van der Waals surface area contributed by atoms with Crippen LogP contribution >= 0.6 is 11.6 Å². The van der Waals surface area contributed by atoms with Crippen molar-refractivity contribution in [3.63, 3.8) is 0 Å². The number of amides is 1.